The van der Waals surface area contributed by atoms with Gasteiger partial charge in [-0.05, 0) is 17.7 Å². The zero-order chi connectivity index (χ0) is 11.5. The topological polar surface area (TPSA) is 34.7 Å². The van der Waals surface area contributed by atoms with Gasteiger partial charge in [-0.15, -0.1) is 0 Å². The number of allylic oxidation sites excluding steroid dienone is 3. The number of benzene rings is 1. The predicted octanol–water partition coefficient (Wildman–Crippen LogP) is 2.46. The lowest BCUT2D eigenvalue weighted by Crippen LogP contribution is -2.08. The lowest BCUT2D eigenvalue weighted by Gasteiger charge is -2.13. The normalized spacial score (nSPS) is 16.4. The van der Waals surface area contributed by atoms with Crippen LogP contribution in [-0.2, 0) is 11.1 Å². The van der Waals surface area contributed by atoms with E-state index in [1.165, 1.54) is 0 Å². The Morgan fingerprint density at radius 1 is 1.12 bits per heavy atom. The molecule has 0 aliphatic heterocycles. The van der Waals surface area contributed by atoms with Crippen molar-refractivity contribution in [2.24, 2.45) is 4.40 Å². The summed E-state index contributed by atoms with van der Waals surface area (Å²) in [5.41, 5.74) is 3.73. The van der Waals surface area contributed by atoms with Gasteiger partial charge in [0.25, 0.3) is 0 Å². The van der Waals surface area contributed by atoms with Crippen LogP contribution >= 0.6 is 0 Å². The SMILES string of the molecule is C[S+](C)/N=C1/C=CC(=C=[N-])c2ccccc21. The van der Waals surface area contributed by atoms with Gasteiger partial charge < -0.3 is 5.41 Å². The molecule has 80 valence electrons. The third-order valence-electron chi connectivity index (χ3n) is 2.30. The average Bonchev–Trinajstić information content (AvgIpc) is 2.29. The Morgan fingerprint density at radius 2 is 1.81 bits per heavy atom. The minimum atomic E-state index is 0.0110. The molecule has 0 amide bonds. The van der Waals surface area contributed by atoms with Crippen molar-refractivity contribution in [3.8, 4) is 0 Å². The maximum Gasteiger partial charge on any atom is 0.125 e. The molecule has 0 atom stereocenters. The van der Waals surface area contributed by atoms with Crippen LogP contribution in [0.1, 0.15) is 11.1 Å². The van der Waals surface area contributed by atoms with Crippen molar-refractivity contribution in [3.05, 3.63) is 53.0 Å². The first-order chi connectivity index (χ1) is 7.72. The molecule has 0 aromatic heterocycles. The van der Waals surface area contributed by atoms with Crippen LogP contribution < -0.4 is 0 Å². The molecule has 3 heteroatoms. The van der Waals surface area contributed by atoms with Crippen LogP contribution in [-0.4, -0.2) is 24.1 Å². The van der Waals surface area contributed by atoms with Crippen molar-refractivity contribution in [2.45, 2.75) is 0 Å². The van der Waals surface area contributed by atoms with Crippen LogP contribution in [0.2, 0.25) is 0 Å². The van der Waals surface area contributed by atoms with E-state index in [0.717, 1.165) is 16.8 Å². The Hall–Kier alpha value is -1.57. The molecule has 0 radical (unpaired) electrons. The van der Waals surface area contributed by atoms with Crippen molar-refractivity contribution in [3.63, 3.8) is 0 Å². The monoisotopic (exact) mass is 228 g/mol. The summed E-state index contributed by atoms with van der Waals surface area (Å²) in [4.78, 5) is 0. The molecule has 1 aliphatic carbocycles. The van der Waals surface area contributed by atoms with Gasteiger partial charge in [0.05, 0.1) is 0 Å². The van der Waals surface area contributed by atoms with E-state index in [4.69, 9.17) is 5.41 Å². The Kier molecular flexibility index (Phi) is 3.09. The van der Waals surface area contributed by atoms with Gasteiger partial charge in [-0.2, -0.15) is 0 Å². The molecule has 16 heavy (non-hydrogen) atoms. The second-order valence-corrected chi connectivity index (χ2v) is 5.38. The smallest absolute Gasteiger partial charge is 0.125 e. The molecule has 1 aromatic carbocycles. The molecule has 0 N–H and O–H groups in total. The molecule has 0 bridgehead atoms. The Bertz CT molecular complexity index is 520. The minimum Gasteiger partial charge on any atom is -0.763 e. The fourth-order valence-electron chi connectivity index (χ4n) is 1.66. The number of hydrogen-bond acceptors (Lipinski definition) is 1. The minimum absolute atomic E-state index is 0.0110. The van der Waals surface area contributed by atoms with Crippen molar-refractivity contribution in [2.75, 3.05) is 12.5 Å². The highest BCUT2D eigenvalue weighted by Gasteiger charge is 2.15. The Balaban J connectivity index is 2.62. The quantitative estimate of drug-likeness (QED) is 0.523. The predicted molar refractivity (Wildman–Crippen MR) is 73.1 cm³/mol. The van der Waals surface area contributed by atoms with Gasteiger partial charge >= 0.3 is 0 Å². The summed E-state index contributed by atoms with van der Waals surface area (Å²) in [5.74, 6) is 2.21. The van der Waals surface area contributed by atoms with E-state index in [2.05, 4.69) is 22.8 Å². The van der Waals surface area contributed by atoms with Crippen LogP contribution in [0.3, 0.4) is 0 Å². The second kappa shape index (κ2) is 4.52. The summed E-state index contributed by atoms with van der Waals surface area (Å²) in [5, 5.41) is 9.03. The Morgan fingerprint density at radius 3 is 2.44 bits per heavy atom. The third-order valence-corrected chi connectivity index (χ3v) is 2.86. The van der Waals surface area contributed by atoms with Gasteiger partial charge in [0, 0.05) is 11.1 Å². The molecule has 0 saturated heterocycles. The van der Waals surface area contributed by atoms with Gasteiger partial charge in [-0.3, -0.25) is 5.87 Å². The zero-order valence-corrected chi connectivity index (χ0v) is 10.1. The van der Waals surface area contributed by atoms with E-state index in [0.29, 0.717) is 5.57 Å². The van der Waals surface area contributed by atoms with Crippen LogP contribution in [0.5, 0.6) is 0 Å². The average molecular weight is 228 g/mol. The summed E-state index contributed by atoms with van der Waals surface area (Å²) < 4.78 is 4.58. The molecule has 0 saturated carbocycles. The van der Waals surface area contributed by atoms with Gasteiger partial charge in [-0.1, -0.05) is 28.7 Å². The number of rotatable bonds is 1. The van der Waals surface area contributed by atoms with E-state index in [-0.39, 0.29) is 11.1 Å². The molecule has 0 heterocycles. The second-order valence-electron chi connectivity index (χ2n) is 3.65. The zero-order valence-electron chi connectivity index (χ0n) is 9.27. The molecule has 0 unspecified atom stereocenters. The van der Waals surface area contributed by atoms with Gasteiger partial charge in [0.2, 0.25) is 0 Å². The molecule has 0 spiro atoms. The first-order valence-corrected chi connectivity index (χ1v) is 6.93. The summed E-state index contributed by atoms with van der Waals surface area (Å²) in [6.45, 7) is 0. The fraction of sp³-hybridized carbons (Fsp3) is 0.154. The van der Waals surface area contributed by atoms with Crippen molar-refractivity contribution in [1.29, 1.82) is 0 Å². The molecule has 2 nitrogen and oxygen atoms in total. The Labute approximate surface area is 98.4 Å². The van der Waals surface area contributed by atoms with E-state index >= 15 is 0 Å². The van der Waals surface area contributed by atoms with E-state index in [9.17, 15) is 0 Å². The lowest BCUT2D eigenvalue weighted by atomic mass is 9.92. The maximum absolute atomic E-state index is 9.03. The molecule has 2 rings (SSSR count). The molecular formula is C13H12N2S. The fourth-order valence-corrected chi connectivity index (χ4v) is 2.21. The summed E-state index contributed by atoms with van der Waals surface area (Å²) >= 11 is 0.0110. The first kappa shape index (κ1) is 10.9. The standard InChI is InChI=1S/C13H12N2S/c1-16(2)15-13-8-7-10(9-14)11-5-3-4-6-12(11)13/h3-8H,1-2H3/b15-13-. The van der Waals surface area contributed by atoms with Crippen LogP contribution in [0.25, 0.3) is 11.0 Å². The first-order valence-electron chi connectivity index (χ1n) is 4.93. The van der Waals surface area contributed by atoms with Gasteiger partial charge in [-0.25, -0.2) is 0 Å². The van der Waals surface area contributed by atoms with Gasteiger partial charge in [0.1, 0.15) is 29.3 Å². The highest BCUT2D eigenvalue weighted by Crippen LogP contribution is 2.24. The lowest BCUT2D eigenvalue weighted by molar-refractivity contribution is 1.55. The molecular weight excluding hydrogens is 216 g/mol. The highest BCUT2D eigenvalue weighted by atomic mass is 32.2. The van der Waals surface area contributed by atoms with Crippen molar-refractivity contribution >= 4 is 28.2 Å². The number of hydrogen-bond donors (Lipinski definition) is 0. The third kappa shape index (κ3) is 2.01. The van der Waals surface area contributed by atoms with E-state index < -0.39 is 0 Å². The number of fused-ring (bicyclic) bond motifs is 1. The van der Waals surface area contributed by atoms with Crippen molar-refractivity contribution < 1.29 is 0 Å². The summed E-state index contributed by atoms with van der Waals surface area (Å²) in [6.07, 6.45) is 7.92. The molecule has 0 fully saturated rings. The summed E-state index contributed by atoms with van der Waals surface area (Å²) in [6, 6.07) is 7.91. The number of nitrogens with zero attached hydrogens (tertiary/aromatic N) is 2. The van der Waals surface area contributed by atoms with Crippen molar-refractivity contribution in [1.82, 2.24) is 0 Å². The van der Waals surface area contributed by atoms with E-state index in [1.54, 1.807) is 0 Å². The maximum atomic E-state index is 9.03. The largest absolute Gasteiger partial charge is 0.763 e. The van der Waals surface area contributed by atoms with Crippen LogP contribution in [0.15, 0.2) is 40.8 Å². The highest BCUT2D eigenvalue weighted by molar-refractivity contribution is 7.94. The molecule has 1 aliphatic rings. The van der Waals surface area contributed by atoms with E-state index in [1.807, 2.05) is 36.4 Å². The van der Waals surface area contributed by atoms with Crippen LogP contribution in [0.4, 0.5) is 0 Å². The van der Waals surface area contributed by atoms with Gasteiger partial charge in [0.15, 0.2) is 0 Å². The van der Waals surface area contributed by atoms with Crippen LogP contribution in [0, 0.1) is 0 Å². The molecule has 1 aromatic rings. The summed E-state index contributed by atoms with van der Waals surface area (Å²) in [7, 11) is 0.